The van der Waals surface area contributed by atoms with Crippen LogP contribution in [-0.4, -0.2) is 32.5 Å². The van der Waals surface area contributed by atoms with Crippen LogP contribution in [0.5, 0.6) is 0 Å². The van der Waals surface area contributed by atoms with E-state index in [-0.39, 0.29) is 28.6 Å². The van der Waals surface area contributed by atoms with Crippen molar-refractivity contribution in [3.63, 3.8) is 0 Å². The first-order chi connectivity index (χ1) is 9.41. The number of nitrogens with zero attached hydrogens (tertiary/aromatic N) is 3. The molecule has 0 aliphatic heterocycles. The highest BCUT2D eigenvalue weighted by Gasteiger charge is 2.30. The predicted molar refractivity (Wildman–Crippen MR) is 75.8 cm³/mol. The maximum atomic E-state index is 11.3. The highest BCUT2D eigenvalue weighted by molar-refractivity contribution is 5.60. The summed E-state index contributed by atoms with van der Waals surface area (Å²) in [6.07, 6.45) is 2.48. The fourth-order valence-corrected chi connectivity index (χ4v) is 2.78. The van der Waals surface area contributed by atoms with Crippen molar-refractivity contribution in [3.05, 3.63) is 15.8 Å². The summed E-state index contributed by atoms with van der Waals surface area (Å²) in [5.41, 5.74) is 0.543. The monoisotopic (exact) mass is 282 g/mol. The zero-order valence-corrected chi connectivity index (χ0v) is 12.2. The molecule has 1 heterocycles. The van der Waals surface area contributed by atoms with Crippen LogP contribution < -0.4 is 5.32 Å². The summed E-state index contributed by atoms with van der Waals surface area (Å²) >= 11 is 0. The number of nitro groups is 1. The average Bonchev–Trinajstić information content (AvgIpc) is 2.90. The molecular weight excluding hydrogens is 260 g/mol. The largest absolute Gasteiger partial charge is 0.393 e. The van der Waals surface area contributed by atoms with Crippen molar-refractivity contribution in [1.29, 1.82) is 0 Å². The van der Waals surface area contributed by atoms with Crippen LogP contribution in [0.15, 0.2) is 0 Å². The van der Waals surface area contributed by atoms with E-state index in [1.165, 1.54) is 4.68 Å². The topological polar surface area (TPSA) is 93.2 Å². The van der Waals surface area contributed by atoms with E-state index < -0.39 is 0 Å². The summed E-state index contributed by atoms with van der Waals surface area (Å²) in [6, 6.07) is 0. The summed E-state index contributed by atoms with van der Waals surface area (Å²) in [5, 5.41) is 28.5. The number of anilines is 1. The fraction of sp³-hybridized carbons (Fsp3) is 0.769. The number of aliphatic hydroxyl groups is 1. The summed E-state index contributed by atoms with van der Waals surface area (Å²) in [6.45, 7) is 4.32. The van der Waals surface area contributed by atoms with Crippen molar-refractivity contribution < 1.29 is 10.0 Å². The maximum absolute atomic E-state index is 11.3. The van der Waals surface area contributed by atoms with Crippen LogP contribution in [0.3, 0.4) is 0 Å². The van der Waals surface area contributed by atoms with Gasteiger partial charge in [0.2, 0.25) is 5.82 Å². The number of hydrogen-bond donors (Lipinski definition) is 2. The number of nitrogens with one attached hydrogen (secondary N) is 1. The Bertz CT molecular complexity index is 498. The Morgan fingerprint density at radius 3 is 2.75 bits per heavy atom. The molecule has 0 spiro atoms. The van der Waals surface area contributed by atoms with Gasteiger partial charge in [0, 0.05) is 25.4 Å². The van der Waals surface area contributed by atoms with E-state index in [2.05, 4.69) is 10.4 Å². The van der Waals surface area contributed by atoms with E-state index in [9.17, 15) is 15.2 Å². The van der Waals surface area contributed by atoms with Crippen molar-refractivity contribution in [1.82, 2.24) is 9.78 Å². The van der Waals surface area contributed by atoms with E-state index in [4.69, 9.17) is 0 Å². The van der Waals surface area contributed by atoms with Crippen molar-refractivity contribution in [2.24, 2.45) is 13.0 Å². The molecule has 1 fully saturated rings. The molecule has 0 radical (unpaired) electrons. The summed E-state index contributed by atoms with van der Waals surface area (Å²) in [7, 11) is 1.70. The lowest BCUT2D eigenvalue weighted by Crippen LogP contribution is -2.23. The van der Waals surface area contributed by atoms with Gasteiger partial charge in [-0.2, -0.15) is 5.10 Å². The second kappa shape index (κ2) is 5.78. The lowest BCUT2D eigenvalue weighted by molar-refractivity contribution is -0.384. The van der Waals surface area contributed by atoms with Crippen LogP contribution in [0.2, 0.25) is 0 Å². The zero-order chi connectivity index (χ0) is 14.9. The number of hydrogen-bond acceptors (Lipinski definition) is 5. The Balaban J connectivity index is 2.20. The molecule has 0 bridgehead atoms. The van der Waals surface area contributed by atoms with Crippen LogP contribution in [0.1, 0.15) is 44.7 Å². The summed E-state index contributed by atoms with van der Waals surface area (Å²) in [4.78, 5) is 10.9. The molecular formula is C13H22N4O3. The summed E-state index contributed by atoms with van der Waals surface area (Å²) < 4.78 is 1.52. The molecule has 2 atom stereocenters. The molecule has 1 aromatic heterocycles. The number of aryl methyl sites for hydroxylation is 1. The van der Waals surface area contributed by atoms with E-state index in [0.29, 0.717) is 18.1 Å². The third-order valence-electron chi connectivity index (χ3n) is 3.93. The molecule has 7 heteroatoms. The Morgan fingerprint density at radius 1 is 1.55 bits per heavy atom. The number of rotatable bonds is 5. The van der Waals surface area contributed by atoms with Gasteiger partial charge < -0.3 is 10.4 Å². The van der Waals surface area contributed by atoms with Gasteiger partial charge in [-0.1, -0.05) is 20.3 Å². The van der Waals surface area contributed by atoms with Crippen LogP contribution in [0, 0.1) is 16.0 Å². The molecule has 112 valence electrons. The number of aromatic nitrogens is 2. The quantitative estimate of drug-likeness (QED) is 0.636. The lowest BCUT2D eigenvalue weighted by Gasteiger charge is -2.15. The third-order valence-corrected chi connectivity index (χ3v) is 3.93. The van der Waals surface area contributed by atoms with Crippen LogP contribution in [0.25, 0.3) is 0 Å². The Hall–Kier alpha value is -1.63. The molecule has 1 aliphatic rings. The van der Waals surface area contributed by atoms with Gasteiger partial charge in [0.25, 0.3) is 0 Å². The molecule has 0 amide bonds. The molecule has 0 saturated heterocycles. The molecule has 0 aromatic carbocycles. The molecule has 2 rings (SSSR count). The second-order valence-corrected chi connectivity index (χ2v) is 5.76. The summed E-state index contributed by atoms with van der Waals surface area (Å²) in [5.74, 6) is 0.582. The van der Waals surface area contributed by atoms with E-state index in [1.807, 2.05) is 13.8 Å². The van der Waals surface area contributed by atoms with Crippen molar-refractivity contribution in [3.8, 4) is 0 Å². The van der Waals surface area contributed by atoms with E-state index in [1.54, 1.807) is 7.05 Å². The SMILES string of the molecule is CC(C)c1nn(C)c(NCC2CCCC2O)c1[N+](=O)[O-]. The molecule has 20 heavy (non-hydrogen) atoms. The molecule has 2 unspecified atom stereocenters. The van der Waals surface area contributed by atoms with Gasteiger partial charge >= 0.3 is 5.69 Å². The molecule has 2 N–H and O–H groups in total. The van der Waals surface area contributed by atoms with Gasteiger partial charge in [0.05, 0.1) is 11.0 Å². The fourth-order valence-electron chi connectivity index (χ4n) is 2.78. The average molecular weight is 282 g/mol. The zero-order valence-electron chi connectivity index (χ0n) is 12.2. The third kappa shape index (κ3) is 2.77. The highest BCUT2D eigenvalue weighted by Crippen LogP contribution is 2.33. The predicted octanol–water partition coefficient (Wildman–Crippen LogP) is 2.02. The first-order valence-electron chi connectivity index (χ1n) is 7.05. The molecule has 1 saturated carbocycles. The van der Waals surface area contributed by atoms with Crippen LogP contribution >= 0.6 is 0 Å². The minimum Gasteiger partial charge on any atom is -0.393 e. The van der Waals surface area contributed by atoms with Crippen molar-refractivity contribution >= 4 is 11.5 Å². The second-order valence-electron chi connectivity index (χ2n) is 5.76. The van der Waals surface area contributed by atoms with Gasteiger partial charge in [-0.15, -0.1) is 0 Å². The van der Waals surface area contributed by atoms with Crippen molar-refractivity contribution in [2.75, 3.05) is 11.9 Å². The maximum Gasteiger partial charge on any atom is 0.334 e. The first-order valence-corrected chi connectivity index (χ1v) is 7.05. The van der Waals surface area contributed by atoms with Gasteiger partial charge in [0.1, 0.15) is 5.69 Å². The normalized spacial score (nSPS) is 22.4. The highest BCUT2D eigenvalue weighted by atomic mass is 16.6. The van der Waals surface area contributed by atoms with Gasteiger partial charge in [-0.05, 0) is 12.8 Å². The van der Waals surface area contributed by atoms with Crippen LogP contribution in [0.4, 0.5) is 11.5 Å². The molecule has 1 aromatic rings. The molecule has 1 aliphatic carbocycles. The standard InChI is InChI=1S/C13H22N4O3/c1-8(2)11-12(17(19)20)13(16(3)15-11)14-7-9-5-4-6-10(9)18/h8-10,14,18H,4-7H2,1-3H3. The minimum atomic E-state index is -0.379. The van der Waals surface area contributed by atoms with Gasteiger partial charge in [0.15, 0.2) is 0 Å². The molecule has 7 nitrogen and oxygen atoms in total. The Kier molecular flexibility index (Phi) is 4.27. The van der Waals surface area contributed by atoms with Crippen molar-refractivity contribution in [2.45, 2.75) is 45.1 Å². The minimum absolute atomic E-state index is 0.00535. The first kappa shape index (κ1) is 14.8. The van der Waals surface area contributed by atoms with Gasteiger partial charge in [-0.3, -0.25) is 10.1 Å². The Labute approximate surface area is 118 Å². The lowest BCUT2D eigenvalue weighted by atomic mass is 10.1. The number of aliphatic hydroxyl groups excluding tert-OH is 1. The van der Waals surface area contributed by atoms with E-state index in [0.717, 1.165) is 19.3 Å². The van der Waals surface area contributed by atoms with Gasteiger partial charge in [-0.25, -0.2) is 4.68 Å². The Morgan fingerprint density at radius 2 is 2.25 bits per heavy atom. The smallest absolute Gasteiger partial charge is 0.334 e. The van der Waals surface area contributed by atoms with Crippen LogP contribution in [-0.2, 0) is 7.05 Å². The van der Waals surface area contributed by atoms with E-state index >= 15 is 0 Å².